The number of primary sulfonamides is 1. The molecule has 0 radical (unpaired) electrons. The topological polar surface area (TPSA) is 60.2 Å². The molecule has 5 heteroatoms. The normalized spacial score (nSPS) is 11.2. The summed E-state index contributed by atoms with van der Waals surface area (Å²) in [6.07, 6.45) is 1.45. The molecule has 13 heavy (non-hydrogen) atoms. The van der Waals surface area contributed by atoms with Crippen LogP contribution in [0.15, 0.2) is 35.7 Å². The minimum atomic E-state index is -3.50. The van der Waals surface area contributed by atoms with Crippen LogP contribution in [0.2, 0.25) is 0 Å². The Morgan fingerprint density at radius 1 is 1.23 bits per heavy atom. The number of rotatable bonds is 2. The number of hydrogen-bond donors (Lipinski definition) is 1. The first-order valence-corrected chi connectivity index (χ1v) is 4.95. The third-order valence-electron chi connectivity index (χ3n) is 1.25. The summed E-state index contributed by atoms with van der Waals surface area (Å²) in [5.74, 6) is 0. The molecule has 0 unspecified atom stereocenters. The van der Waals surface area contributed by atoms with Crippen LogP contribution >= 0.6 is 0 Å². The van der Waals surface area contributed by atoms with Crippen molar-refractivity contribution in [3.63, 3.8) is 0 Å². The molecule has 0 bridgehead atoms. The number of benzene rings is 1. The van der Waals surface area contributed by atoms with E-state index in [1.54, 1.807) is 12.1 Å². The van der Waals surface area contributed by atoms with Crippen LogP contribution in [0.4, 0.5) is 0 Å². The second kappa shape index (κ2) is 5.57. The van der Waals surface area contributed by atoms with Crippen molar-refractivity contribution < 1.29 is 39.4 Å². The molecule has 0 heterocycles. The van der Waals surface area contributed by atoms with Gasteiger partial charge >= 0.3 is 29.6 Å². The molecule has 0 spiro atoms. The van der Waals surface area contributed by atoms with Crippen LogP contribution in [0, 0.1) is 0 Å². The Morgan fingerprint density at radius 2 is 1.77 bits per heavy atom. The van der Waals surface area contributed by atoms with E-state index in [1.807, 2.05) is 18.2 Å². The van der Waals surface area contributed by atoms with E-state index >= 15 is 0 Å². The Kier molecular flexibility index (Phi) is 5.51. The van der Waals surface area contributed by atoms with Crippen molar-refractivity contribution in [3.05, 3.63) is 41.3 Å². The van der Waals surface area contributed by atoms with Gasteiger partial charge in [-0.2, -0.15) is 0 Å². The average Bonchev–Trinajstić information content (AvgIpc) is 2.02. The molecule has 0 saturated carbocycles. The molecule has 0 amide bonds. The second-order valence-electron chi connectivity index (χ2n) is 2.30. The van der Waals surface area contributed by atoms with Crippen molar-refractivity contribution in [2.45, 2.75) is 0 Å². The van der Waals surface area contributed by atoms with Crippen LogP contribution in [0.5, 0.6) is 0 Å². The predicted octanol–water partition coefficient (Wildman–Crippen LogP) is -1.94. The molecule has 1 rings (SSSR count). The van der Waals surface area contributed by atoms with Gasteiger partial charge in [0.05, 0.1) is 0 Å². The zero-order valence-electron chi connectivity index (χ0n) is 8.34. The fraction of sp³-hybridized carbons (Fsp3) is 0. The Morgan fingerprint density at radius 3 is 2.23 bits per heavy atom. The average molecular weight is 207 g/mol. The molecule has 66 valence electrons. The zero-order chi connectivity index (χ0) is 9.03. The van der Waals surface area contributed by atoms with Crippen LogP contribution < -0.4 is 34.7 Å². The van der Waals surface area contributed by atoms with E-state index in [4.69, 9.17) is 5.14 Å². The van der Waals surface area contributed by atoms with Gasteiger partial charge in [0.1, 0.15) is 0 Å². The third-order valence-corrected chi connectivity index (χ3v) is 1.77. The smallest absolute Gasteiger partial charge is 1.00 e. The van der Waals surface area contributed by atoms with Crippen LogP contribution in [0.3, 0.4) is 0 Å². The summed E-state index contributed by atoms with van der Waals surface area (Å²) in [7, 11) is -3.50. The molecule has 0 aliphatic carbocycles. The summed E-state index contributed by atoms with van der Waals surface area (Å²) in [6.45, 7) is 0. The van der Waals surface area contributed by atoms with E-state index < -0.39 is 10.0 Å². The Hall–Kier alpha value is -0.130. The first-order chi connectivity index (χ1) is 5.58. The van der Waals surface area contributed by atoms with Crippen LogP contribution in [-0.4, -0.2) is 8.42 Å². The van der Waals surface area contributed by atoms with Crippen molar-refractivity contribution in [2.75, 3.05) is 0 Å². The van der Waals surface area contributed by atoms with E-state index in [0.717, 1.165) is 11.0 Å². The molecule has 0 aliphatic heterocycles. The van der Waals surface area contributed by atoms with Gasteiger partial charge in [0.25, 0.3) is 0 Å². The summed E-state index contributed by atoms with van der Waals surface area (Å²) in [5, 5.41) is 5.74. The standard InChI is InChI=1S/C8H9NO2S.Na.H/c9-12(10,11)7-6-8-4-2-1-3-5-8;;/h1-7H,(H2,9,10,11);;/q;+1;-1. The van der Waals surface area contributed by atoms with Crippen molar-refractivity contribution in [2.24, 2.45) is 5.14 Å². The molecule has 1 aromatic carbocycles. The second-order valence-corrected chi connectivity index (χ2v) is 3.75. The van der Waals surface area contributed by atoms with Gasteiger partial charge in [-0.3, -0.25) is 0 Å². The summed E-state index contributed by atoms with van der Waals surface area (Å²) in [5.41, 5.74) is 0.812. The predicted molar refractivity (Wildman–Crippen MR) is 49.7 cm³/mol. The summed E-state index contributed by atoms with van der Waals surface area (Å²) >= 11 is 0. The minimum absolute atomic E-state index is 0. The zero-order valence-corrected chi connectivity index (χ0v) is 10.2. The SMILES string of the molecule is NS(=O)(=O)C=Cc1ccccc1.[H-].[Na+]. The summed E-state index contributed by atoms with van der Waals surface area (Å²) in [6, 6.07) is 9.09. The quantitative estimate of drug-likeness (QED) is 0.574. The number of nitrogens with two attached hydrogens (primary N) is 1. The van der Waals surface area contributed by atoms with Crippen molar-refractivity contribution in [1.29, 1.82) is 0 Å². The molecule has 0 aromatic heterocycles. The number of sulfonamides is 1. The minimum Gasteiger partial charge on any atom is -1.00 e. The van der Waals surface area contributed by atoms with Crippen LogP contribution in [0.1, 0.15) is 6.99 Å². The van der Waals surface area contributed by atoms with Crippen molar-refractivity contribution >= 4 is 16.1 Å². The summed E-state index contributed by atoms with van der Waals surface area (Å²) < 4.78 is 21.0. The summed E-state index contributed by atoms with van der Waals surface area (Å²) in [4.78, 5) is 0. The van der Waals surface area contributed by atoms with E-state index in [1.165, 1.54) is 6.08 Å². The Balaban J connectivity index is 0. The van der Waals surface area contributed by atoms with E-state index in [9.17, 15) is 8.42 Å². The van der Waals surface area contributed by atoms with Crippen LogP contribution in [-0.2, 0) is 10.0 Å². The van der Waals surface area contributed by atoms with Gasteiger partial charge in [-0.05, 0) is 11.6 Å². The molecule has 1 aromatic rings. The maximum absolute atomic E-state index is 10.5. The molecule has 0 atom stereocenters. The maximum atomic E-state index is 10.5. The molecular formula is C8H10NNaO2S. The molecule has 0 fully saturated rings. The van der Waals surface area contributed by atoms with Gasteiger partial charge in [-0.25, -0.2) is 13.6 Å². The maximum Gasteiger partial charge on any atom is 1.00 e. The molecular weight excluding hydrogens is 197 g/mol. The fourth-order valence-corrected chi connectivity index (χ4v) is 1.08. The van der Waals surface area contributed by atoms with Crippen molar-refractivity contribution in [1.82, 2.24) is 0 Å². The third kappa shape index (κ3) is 6.01. The van der Waals surface area contributed by atoms with E-state index in [0.29, 0.717) is 0 Å². The van der Waals surface area contributed by atoms with Gasteiger partial charge in [0.15, 0.2) is 0 Å². The Bertz CT molecular complexity index is 378. The largest absolute Gasteiger partial charge is 1.00 e. The first kappa shape index (κ1) is 12.9. The first-order valence-electron chi connectivity index (χ1n) is 3.34. The van der Waals surface area contributed by atoms with E-state index in [2.05, 4.69) is 0 Å². The van der Waals surface area contributed by atoms with Gasteiger partial charge in [0.2, 0.25) is 10.0 Å². The number of hydrogen-bond acceptors (Lipinski definition) is 2. The monoisotopic (exact) mass is 207 g/mol. The molecule has 2 N–H and O–H groups in total. The van der Waals surface area contributed by atoms with Crippen LogP contribution in [0.25, 0.3) is 6.08 Å². The van der Waals surface area contributed by atoms with Gasteiger partial charge in [-0.1, -0.05) is 30.3 Å². The molecule has 3 nitrogen and oxygen atoms in total. The van der Waals surface area contributed by atoms with Gasteiger partial charge in [0, 0.05) is 5.41 Å². The van der Waals surface area contributed by atoms with E-state index in [-0.39, 0.29) is 31.0 Å². The fourth-order valence-electron chi connectivity index (χ4n) is 0.738. The van der Waals surface area contributed by atoms with Gasteiger partial charge in [-0.15, -0.1) is 0 Å². The Labute approximate surface area is 101 Å². The van der Waals surface area contributed by atoms with Crippen molar-refractivity contribution in [3.8, 4) is 0 Å². The van der Waals surface area contributed by atoms with Gasteiger partial charge < -0.3 is 1.43 Å². The molecule has 0 saturated heterocycles. The molecule has 0 aliphatic rings.